The molecule has 2 aromatic heterocycles. The number of aromatic amines is 1. The molecule has 0 aromatic carbocycles. The van der Waals surface area contributed by atoms with Crippen molar-refractivity contribution in [2.45, 2.75) is 4.11 Å². The van der Waals surface area contributed by atoms with Gasteiger partial charge in [0.2, 0.25) is 0 Å². The van der Waals surface area contributed by atoms with Gasteiger partial charge in [-0.1, -0.05) is 47.7 Å². The van der Waals surface area contributed by atoms with Gasteiger partial charge in [0.1, 0.15) is 5.82 Å². The number of halogens is 1. The number of alkyl halides is 1. The Morgan fingerprint density at radius 1 is 1.19 bits per heavy atom. The fraction of sp³-hybridized carbons (Fsp3) is 0.0714. The molecule has 6 nitrogen and oxygen atoms in total. The number of nitrogen functional groups attached to an aromatic ring is 1. The molecule has 2 aromatic rings. The van der Waals surface area contributed by atoms with Gasteiger partial charge in [0, 0.05) is 11.6 Å². The first-order chi connectivity index (χ1) is 10.2. The molecule has 1 aliphatic rings. The molecule has 2 heterocycles. The van der Waals surface area contributed by atoms with Gasteiger partial charge in [0.15, 0.2) is 21.0 Å². The average Bonchev–Trinajstić information content (AvgIpc) is 2.86. The number of anilines is 1. The van der Waals surface area contributed by atoms with E-state index in [4.69, 9.17) is 10.5 Å². The highest BCUT2D eigenvalue weighted by Gasteiger charge is 2.15. The maximum Gasteiger partial charge on any atom is 0.181 e. The van der Waals surface area contributed by atoms with Crippen molar-refractivity contribution in [1.82, 2.24) is 20.4 Å². The number of H-pyrrole nitrogens is 1. The highest BCUT2D eigenvalue weighted by Crippen LogP contribution is 2.28. The van der Waals surface area contributed by atoms with E-state index in [1.807, 2.05) is 42.5 Å². The molecular weight excluding hydrogens is 381 g/mol. The molecule has 106 valence electrons. The van der Waals surface area contributed by atoms with Gasteiger partial charge in [-0.25, -0.2) is 10.1 Å². The van der Waals surface area contributed by atoms with E-state index in [0.29, 0.717) is 22.7 Å². The Morgan fingerprint density at radius 2 is 2.00 bits per heavy atom. The molecule has 3 N–H and O–H groups in total. The monoisotopic (exact) mass is 393 g/mol. The van der Waals surface area contributed by atoms with Crippen LogP contribution in [0.4, 0.5) is 5.82 Å². The van der Waals surface area contributed by atoms with Crippen molar-refractivity contribution in [1.29, 1.82) is 0 Å². The van der Waals surface area contributed by atoms with E-state index in [9.17, 15) is 0 Å². The van der Waals surface area contributed by atoms with E-state index in [-0.39, 0.29) is 4.11 Å². The molecule has 1 aliphatic carbocycles. The quantitative estimate of drug-likeness (QED) is 0.618. The van der Waals surface area contributed by atoms with Crippen LogP contribution < -0.4 is 10.5 Å². The van der Waals surface area contributed by atoms with Crippen molar-refractivity contribution < 1.29 is 4.74 Å². The van der Waals surface area contributed by atoms with Crippen LogP contribution in [0.25, 0.3) is 11.2 Å². The number of hydrogen-bond donors (Lipinski definition) is 2. The van der Waals surface area contributed by atoms with Gasteiger partial charge < -0.3 is 10.5 Å². The first kappa shape index (κ1) is 13.8. The van der Waals surface area contributed by atoms with Gasteiger partial charge in [-0.05, 0) is 22.6 Å². The van der Waals surface area contributed by atoms with Crippen molar-refractivity contribution in [3.8, 4) is 5.75 Å². The lowest BCUT2D eigenvalue weighted by Crippen LogP contribution is -2.11. The van der Waals surface area contributed by atoms with Gasteiger partial charge >= 0.3 is 0 Å². The maximum absolute atomic E-state index is 5.97. The predicted octanol–water partition coefficient (Wildman–Crippen LogP) is 2.68. The number of fused-ring (bicyclic) bond motifs is 1. The number of hydrogen-bond acceptors (Lipinski definition) is 5. The lowest BCUT2D eigenvalue weighted by atomic mass is 10.2. The Bertz CT molecular complexity index is 775. The summed E-state index contributed by atoms with van der Waals surface area (Å²) in [5, 5.41) is 10.4. The van der Waals surface area contributed by atoms with Crippen LogP contribution in [0.5, 0.6) is 5.75 Å². The van der Waals surface area contributed by atoms with Crippen molar-refractivity contribution in [3.05, 3.63) is 54.2 Å². The summed E-state index contributed by atoms with van der Waals surface area (Å²) in [5.41, 5.74) is 7.88. The normalized spacial score (nSPS) is 22.6. The van der Waals surface area contributed by atoms with Gasteiger partial charge in [0.05, 0.1) is 0 Å². The van der Waals surface area contributed by atoms with Crippen molar-refractivity contribution in [2.24, 2.45) is 0 Å². The van der Waals surface area contributed by atoms with Crippen LogP contribution >= 0.6 is 22.6 Å². The minimum atomic E-state index is -0.184. The molecule has 3 rings (SSSR count). The third-order valence-corrected chi connectivity index (χ3v) is 3.77. The minimum Gasteiger partial charge on any atom is -0.473 e. The number of allylic oxidation sites excluding steroid dienone is 6. The van der Waals surface area contributed by atoms with E-state index in [0.717, 1.165) is 5.57 Å². The van der Waals surface area contributed by atoms with Gasteiger partial charge in [0.25, 0.3) is 0 Å². The largest absolute Gasteiger partial charge is 0.473 e. The molecule has 1 unspecified atom stereocenters. The summed E-state index contributed by atoms with van der Waals surface area (Å²) in [6.45, 7) is 0. The third kappa shape index (κ3) is 3.13. The molecule has 0 aliphatic heterocycles. The lowest BCUT2D eigenvalue weighted by Gasteiger charge is -2.14. The van der Waals surface area contributed by atoms with E-state index in [1.165, 1.54) is 0 Å². The standard InChI is InChI=1S/C14H12IN5O/c15-13(9-6-4-2-1-3-5-7-9)21-10-8-11(16)17-14-12(10)18-20-19-14/h1-8,13H,(H3,16,17,18,19,20)/b2-1-,3-1?,4-2?,5-3-,6-4-,7-5?,9-6?,9-7+. The number of ether oxygens (including phenoxy) is 1. The topological polar surface area (TPSA) is 89.7 Å². The number of nitrogens with two attached hydrogens (primary N) is 1. The molecule has 0 spiro atoms. The Kier molecular flexibility index (Phi) is 4.00. The molecule has 0 saturated carbocycles. The summed E-state index contributed by atoms with van der Waals surface area (Å²) in [7, 11) is 0. The predicted molar refractivity (Wildman–Crippen MR) is 90.0 cm³/mol. The van der Waals surface area contributed by atoms with Crippen LogP contribution in [0, 0.1) is 0 Å². The molecule has 0 radical (unpaired) electrons. The number of nitrogens with one attached hydrogen (secondary N) is 1. The highest BCUT2D eigenvalue weighted by atomic mass is 127. The summed E-state index contributed by atoms with van der Waals surface area (Å²) in [5.74, 6) is 0.915. The van der Waals surface area contributed by atoms with Crippen molar-refractivity contribution in [3.63, 3.8) is 0 Å². The number of pyridine rings is 1. The second kappa shape index (κ2) is 6.08. The van der Waals surface area contributed by atoms with Crippen LogP contribution in [-0.4, -0.2) is 24.5 Å². The second-order valence-corrected chi connectivity index (χ2v) is 5.42. The molecule has 7 heteroatoms. The van der Waals surface area contributed by atoms with Crippen LogP contribution in [0.3, 0.4) is 0 Å². The van der Waals surface area contributed by atoms with E-state index < -0.39 is 0 Å². The van der Waals surface area contributed by atoms with Crippen LogP contribution in [0.15, 0.2) is 54.2 Å². The first-order valence-electron chi connectivity index (χ1n) is 6.23. The summed E-state index contributed by atoms with van der Waals surface area (Å²) in [4.78, 5) is 4.11. The molecule has 0 fully saturated rings. The second-order valence-electron chi connectivity index (χ2n) is 4.28. The summed E-state index contributed by atoms with van der Waals surface area (Å²) < 4.78 is 5.79. The molecule has 0 saturated heterocycles. The Hall–Kier alpha value is -2.16. The fourth-order valence-electron chi connectivity index (χ4n) is 1.83. The molecule has 0 amide bonds. The van der Waals surface area contributed by atoms with E-state index >= 15 is 0 Å². The van der Waals surface area contributed by atoms with Crippen molar-refractivity contribution in [2.75, 3.05) is 5.73 Å². The lowest BCUT2D eigenvalue weighted by molar-refractivity contribution is 0.342. The van der Waals surface area contributed by atoms with Crippen LogP contribution in [0.2, 0.25) is 0 Å². The van der Waals surface area contributed by atoms with Crippen LogP contribution in [0.1, 0.15) is 0 Å². The number of aromatic nitrogens is 4. The van der Waals surface area contributed by atoms with E-state index in [1.54, 1.807) is 6.07 Å². The number of rotatable bonds is 3. The highest BCUT2D eigenvalue weighted by molar-refractivity contribution is 14.1. The minimum absolute atomic E-state index is 0.184. The summed E-state index contributed by atoms with van der Waals surface area (Å²) >= 11 is 2.22. The Balaban J connectivity index is 1.89. The Morgan fingerprint density at radius 3 is 2.90 bits per heavy atom. The first-order valence-corrected chi connectivity index (χ1v) is 7.48. The zero-order valence-corrected chi connectivity index (χ0v) is 13.1. The fourth-order valence-corrected chi connectivity index (χ4v) is 2.52. The zero-order chi connectivity index (χ0) is 14.7. The van der Waals surface area contributed by atoms with Gasteiger partial charge in [-0.2, -0.15) is 0 Å². The molecule has 21 heavy (non-hydrogen) atoms. The summed E-state index contributed by atoms with van der Waals surface area (Å²) in [6.07, 6.45) is 13.8. The molecular formula is C14H12IN5O. The summed E-state index contributed by atoms with van der Waals surface area (Å²) in [6, 6.07) is 1.65. The number of nitrogens with zero attached hydrogens (tertiary/aromatic N) is 3. The van der Waals surface area contributed by atoms with Gasteiger partial charge in [-0.3, -0.25) is 0 Å². The molecule has 0 bridgehead atoms. The van der Waals surface area contributed by atoms with Gasteiger partial charge in [-0.15, -0.1) is 5.10 Å². The third-order valence-electron chi connectivity index (χ3n) is 2.80. The smallest absolute Gasteiger partial charge is 0.181 e. The maximum atomic E-state index is 5.97. The molecule has 1 atom stereocenters. The SMILES string of the molecule is Nc1cc(OC(I)C2=C/C=C\C=C/C=C\2)c2nn[nH]c2n1. The van der Waals surface area contributed by atoms with Crippen LogP contribution in [-0.2, 0) is 0 Å². The Labute approximate surface area is 134 Å². The zero-order valence-electron chi connectivity index (χ0n) is 10.9. The average molecular weight is 393 g/mol. The van der Waals surface area contributed by atoms with E-state index in [2.05, 4.69) is 43.0 Å². The van der Waals surface area contributed by atoms with Crippen molar-refractivity contribution >= 4 is 39.6 Å².